The largest absolute Gasteiger partial charge is 0.495 e. The third kappa shape index (κ3) is 4.31. The van der Waals surface area contributed by atoms with Gasteiger partial charge >= 0.3 is 5.97 Å². The van der Waals surface area contributed by atoms with E-state index in [-0.39, 0.29) is 46.2 Å². The van der Waals surface area contributed by atoms with E-state index in [2.05, 4.69) is 9.46 Å². The number of carbonyl (C=O) groups is 3. The molecule has 10 nitrogen and oxygen atoms in total. The van der Waals surface area contributed by atoms with Crippen molar-refractivity contribution in [3.8, 4) is 11.5 Å². The predicted molar refractivity (Wildman–Crippen MR) is 110 cm³/mol. The van der Waals surface area contributed by atoms with Crippen LogP contribution in [0.25, 0.3) is 0 Å². The molecule has 0 aromatic heterocycles. The normalized spacial score (nSPS) is 13.8. The predicted octanol–water partition coefficient (Wildman–Crippen LogP) is 1.94. The zero-order valence-electron chi connectivity index (χ0n) is 17.0. The smallest absolute Gasteiger partial charge is 0.337 e. The van der Waals surface area contributed by atoms with Crippen molar-refractivity contribution >= 4 is 39.2 Å². The van der Waals surface area contributed by atoms with Crippen molar-refractivity contribution in [2.45, 2.75) is 17.7 Å². The van der Waals surface area contributed by atoms with E-state index in [1.54, 1.807) is 0 Å². The summed E-state index contributed by atoms with van der Waals surface area (Å²) in [6.45, 7) is 0. The molecule has 1 aliphatic rings. The first-order chi connectivity index (χ1) is 14.7. The van der Waals surface area contributed by atoms with Gasteiger partial charge in [-0.05, 0) is 36.4 Å². The molecule has 0 bridgehead atoms. The van der Waals surface area contributed by atoms with Crippen LogP contribution in [0.15, 0.2) is 41.3 Å². The van der Waals surface area contributed by atoms with Crippen LogP contribution in [0.5, 0.6) is 11.5 Å². The number of nitrogens with one attached hydrogen (secondary N) is 1. The molecular weight excluding hydrogens is 428 g/mol. The number of carbonyl (C=O) groups excluding carboxylic acids is 3. The van der Waals surface area contributed by atoms with E-state index in [0.717, 1.165) is 4.90 Å². The Morgan fingerprint density at radius 2 is 1.55 bits per heavy atom. The monoisotopic (exact) mass is 448 g/mol. The van der Waals surface area contributed by atoms with Gasteiger partial charge in [0.15, 0.2) is 0 Å². The number of esters is 1. The second-order valence-electron chi connectivity index (χ2n) is 6.47. The number of imide groups is 1. The van der Waals surface area contributed by atoms with Crippen molar-refractivity contribution in [1.82, 2.24) is 0 Å². The topological polar surface area (TPSA) is 128 Å². The average Bonchev–Trinajstić information content (AvgIpc) is 3.10. The average molecular weight is 448 g/mol. The molecule has 2 amide bonds. The molecule has 1 N–H and O–H groups in total. The maximum absolute atomic E-state index is 13.0. The van der Waals surface area contributed by atoms with E-state index in [1.165, 1.54) is 57.7 Å². The van der Waals surface area contributed by atoms with Gasteiger partial charge in [-0.25, -0.2) is 18.1 Å². The summed E-state index contributed by atoms with van der Waals surface area (Å²) in [7, 11) is -0.295. The van der Waals surface area contributed by atoms with Crippen molar-refractivity contribution in [3.05, 3.63) is 42.0 Å². The molecule has 31 heavy (non-hydrogen) atoms. The minimum Gasteiger partial charge on any atom is -0.495 e. The summed E-state index contributed by atoms with van der Waals surface area (Å²) in [5.74, 6) is -1.19. The molecule has 1 fully saturated rings. The van der Waals surface area contributed by atoms with Crippen LogP contribution in [0.4, 0.5) is 11.4 Å². The first kappa shape index (κ1) is 22.1. The van der Waals surface area contributed by atoms with Gasteiger partial charge in [0.25, 0.3) is 10.0 Å². The number of hydrogen-bond donors (Lipinski definition) is 1. The Hall–Kier alpha value is -3.60. The van der Waals surface area contributed by atoms with Crippen molar-refractivity contribution in [3.63, 3.8) is 0 Å². The molecule has 2 aromatic rings. The van der Waals surface area contributed by atoms with Crippen LogP contribution in [0, 0.1) is 0 Å². The van der Waals surface area contributed by atoms with E-state index in [9.17, 15) is 22.8 Å². The van der Waals surface area contributed by atoms with Crippen LogP contribution < -0.4 is 19.1 Å². The first-order valence-electron chi connectivity index (χ1n) is 9.05. The second-order valence-corrected chi connectivity index (χ2v) is 8.15. The Labute approximate surface area is 178 Å². The number of sulfonamides is 1. The van der Waals surface area contributed by atoms with Gasteiger partial charge in [0, 0.05) is 12.8 Å². The summed E-state index contributed by atoms with van der Waals surface area (Å²) in [4.78, 5) is 36.8. The molecule has 0 unspecified atom stereocenters. The lowest BCUT2D eigenvalue weighted by Gasteiger charge is -2.19. The van der Waals surface area contributed by atoms with Gasteiger partial charge < -0.3 is 14.2 Å². The highest BCUT2D eigenvalue weighted by Crippen LogP contribution is 2.35. The molecule has 0 saturated carbocycles. The van der Waals surface area contributed by atoms with Crippen molar-refractivity contribution in [2.24, 2.45) is 0 Å². The maximum Gasteiger partial charge on any atom is 0.337 e. The molecule has 0 radical (unpaired) electrons. The number of methoxy groups -OCH3 is 3. The van der Waals surface area contributed by atoms with Gasteiger partial charge in [-0.15, -0.1) is 0 Å². The standard InChI is InChI=1S/C20H20N2O8S/c1-28-16-6-4-12(20(25)30-3)10-14(16)21-31(26,27)13-5-7-17(29-2)15(11-13)22-18(23)8-9-19(22)24/h4-7,10-11,21H,8-9H2,1-3H3. The molecule has 0 spiro atoms. The Balaban J connectivity index is 2.03. The molecule has 1 aliphatic heterocycles. The lowest BCUT2D eigenvalue weighted by atomic mass is 10.2. The van der Waals surface area contributed by atoms with E-state index in [0.29, 0.717) is 0 Å². The van der Waals surface area contributed by atoms with E-state index in [1.807, 2.05) is 0 Å². The van der Waals surface area contributed by atoms with Crippen molar-refractivity contribution < 1.29 is 37.0 Å². The van der Waals surface area contributed by atoms with Gasteiger partial charge in [0.1, 0.15) is 11.5 Å². The lowest BCUT2D eigenvalue weighted by molar-refractivity contribution is -0.121. The highest BCUT2D eigenvalue weighted by molar-refractivity contribution is 7.92. The summed E-state index contributed by atoms with van der Waals surface area (Å²) in [6.07, 6.45) is 0.0729. The molecule has 1 saturated heterocycles. The fraction of sp³-hybridized carbons (Fsp3) is 0.250. The van der Waals surface area contributed by atoms with Crippen LogP contribution >= 0.6 is 0 Å². The number of rotatable bonds is 7. The van der Waals surface area contributed by atoms with Gasteiger partial charge in [0.2, 0.25) is 11.8 Å². The molecule has 164 valence electrons. The molecule has 0 atom stereocenters. The fourth-order valence-corrected chi connectivity index (χ4v) is 4.17. The van der Waals surface area contributed by atoms with Crippen molar-refractivity contribution in [2.75, 3.05) is 31.0 Å². The van der Waals surface area contributed by atoms with Gasteiger partial charge in [0.05, 0.1) is 43.2 Å². The van der Waals surface area contributed by atoms with Gasteiger partial charge in [-0.2, -0.15) is 0 Å². The Bertz CT molecular complexity index is 1140. The number of amides is 2. The van der Waals surface area contributed by atoms with Crippen LogP contribution in [0.2, 0.25) is 0 Å². The summed E-state index contributed by atoms with van der Waals surface area (Å²) in [6, 6.07) is 7.93. The quantitative estimate of drug-likeness (QED) is 0.503. The number of benzene rings is 2. The zero-order valence-corrected chi connectivity index (χ0v) is 17.8. The third-order valence-electron chi connectivity index (χ3n) is 4.62. The van der Waals surface area contributed by atoms with E-state index >= 15 is 0 Å². The highest BCUT2D eigenvalue weighted by Gasteiger charge is 2.33. The summed E-state index contributed by atoms with van der Waals surface area (Å²) in [5.41, 5.74) is 0.161. The summed E-state index contributed by atoms with van der Waals surface area (Å²) in [5, 5.41) is 0. The molecule has 1 heterocycles. The molecule has 2 aromatic carbocycles. The summed E-state index contributed by atoms with van der Waals surface area (Å²) < 4.78 is 43.5. The minimum absolute atomic E-state index is 0.0103. The number of nitrogens with zero attached hydrogens (tertiary/aromatic N) is 1. The highest BCUT2D eigenvalue weighted by atomic mass is 32.2. The Kier molecular flexibility index (Phi) is 6.16. The SMILES string of the molecule is COC(=O)c1ccc(OC)c(NS(=O)(=O)c2ccc(OC)c(N3C(=O)CCC3=O)c2)c1. The Morgan fingerprint density at radius 3 is 2.13 bits per heavy atom. The van der Waals surface area contributed by atoms with E-state index in [4.69, 9.17) is 9.47 Å². The number of hydrogen-bond acceptors (Lipinski definition) is 8. The van der Waals surface area contributed by atoms with Crippen molar-refractivity contribution in [1.29, 1.82) is 0 Å². The van der Waals surface area contributed by atoms with Crippen LogP contribution in [-0.2, 0) is 24.3 Å². The molecule has 3 rings (SSSR count). The molecule has 0 aliphatic carbocycles. The Morgan fingerprint density at radius 1 is 0.935 bits per heavy atom. The third-order valence-corrected chi connectivity index (χ3v) is 5.98. The second kappa shape index (κ2) is 8.64. The van der Waals surface area contributed by atoms with Gasteiger partial charge in [-0.1, -0.05) is 0 Å². The maximum atomic E-state index is 13.0. The molecule has 11 heteroatoms. The van der Waals surface area contributed by atoms with E-state index < -0.39 is 27.8 Å². The summed E-state index contributed by atoms with van der Waals surface area (Å²) >= 11 is 0. The fourth-order valence-electron chi connectivity index (χ4n) is 3.09. The minimum atomic E-state index is -4.19. The van der Waals surface area contributed by atoms with Crippen LogP contribution in [0.1, 0.15) is 23.2 Å². The van der Waals surface area contributed by atoms with Crippen LogP contribution in [-0.4, -0.2) is 47.5 Å². The first-order valence-corrected chi connectivity index (χ1v) is 10.5. The lowest BCUT2D eigenvalue weighted by Crippen LogP contribution is -2.29. The number of ether oxygens (including phenoxy) is 3. The zero-order chi connectivity index (χ0) is 22.8. The molecular formula is C20H20N2O8S. The van der Waals surface area contributed by atoms with Gasteiger partial charge in [-0.3, -0.25) is 14.3 Å². The van der Waals surface area contributed by atoms with Crippen LogP contribution in [0.3, 0.4) is 0 Å². The number of anilines is 2.